The Morgan fingerprint density at radius 1 is 1.30 bits per heavy atom. The van der Waals surface area contributed by atoms with E-state index in [1.165, 1.54) is 0 Å². The van der Waals surface area contributed by atoms with Crippen molar-refractivity contribution in [3.63, 3.8) is 0 Å². The predicted molar refractivity (Wildman–Crippen MR) is 78.3 cm³/mol. The number of rotatable bonds is 5. The number of benzene rings is 1. The molecule has 5 nitrogen and oxygen atoms in total. The van der Waals surface area contributed by atoms with Crippen molar-refractivity contribution >= 4 is 6.09 Å². The molecule has 20 heavy (non-hydrogen) atoms. The number of hydrogen-bond donors (Lipinski definition) is 2. The van der Waals surface area contributed by atoms with Gasteiger partial charge in [0, 0.05) is 19.1 Å². The lowest BCUT2D eigenvalue weighted by molar-refractivity contribution is 0.0748. The van der Waals surface area contributed by atoms with E-state index in [4.69, 9.17) is 10.5 Å². The van der Waals surface area contributed by atoms with Crippen LogP contribution in [0.25, 0.3) is 0 Å². The van der Waals surface area contributed by atoms with Crippen LogP contribution < -0.4 is 11.1 Å². The second-order valence-electron chi connectivity index (χ2n) is 5.00. The summed E-state index contributed by atoms with van der Waals surface area (Å²) in [6.07, 6.45) is 1.66. The highest BCUT2D eigenvalue weighted by molar-refractivity contribution is 5.68. The summed E-state index contributed by atoms with van der Waals surface area (Å²) < 4.78 is 5.41. The Balaban J connectivity index is 1.89. The van der Waals surface area contributed by atoms with Crippen LogP contribution in [0.15, 0.2) is 30.3 Å². The molecule has 0 spiro atoms. The number of ether oxygens (including phenoxy) is 1. The van der Waals surface area contributed by atoms with Gasteiger partial charge in [0.1, 0.15) is 6.61 Å². The van der Waals surface area contributed by atoms with E-state index >= 15 is 0 Å². The number of amides is 1. The SMILES string of the molecule is NCCN(C(=O)OCc1ccccc1)C1CCNCC1. The molecule has 1 aromatic carbocycles. The second kappa shape index (κ2) is 7.87. The number of hydrogen-bond acceptors (Lipinski definition) is 4. The van der Waals surface area contributed by atoms with Crippen LogP contribution in [-0.2, 0) is 11.3 Å². The first-order valence-electron chi connectivity index (χ1n) is 7.19. The molecule has 1 amide bonds. The molecular formula is C15H23N3O2. The van der Waals surface area contributed by atoms with Gasteiger partial charge in [0.2, 0.25) is 0 Å². The van der Waals surface area contributed by atoms with Gasteiger partial charge in [-0.15, -0.1) is 0 Å². The van der Waals surface area contributed by atoms with E-state index in [0.29, 0.717) is 19.7 Å². The smallest absolute Gasteiger partial charge is 0.410 e. The maximum Gasteiger partial charge on any atom is 0.410 e. The summed E-state index contributed by atoms with van der Waals surface area (Å²) in [7, 11) is 0. The quantitative estimate of drug-likeness (QED) is 0.852. The van der Waals surface area contributed by atoms with Gasteiger partial charge < -0.3 is 20.7 Å². The van der Waals surface area contributed by atoms with Gasteiger partial charge in [-0.2, -0.15) is 0 Å². The standard InChI is InChI=1S/C15H23N3O2/c16-8-11-18(14-6-9-17-10-7-14)15(19)20-12-13-4-2-1-3-5-13/h1-5,14,17H,6-12,16H2. The predicted octanol–water partition coefficient (Wildman–Crippen LogP) is 1.34. The summed E-state index contributed by atoms with van der Waals surface area (Å²) in [5.74, 6) is 0. The molecule has 1 saturated heterocycles. The van der Waals surface area contributed by atoms with Gasteiger partial charge in [-0.1, -0.05) is 30.3 Å². The molecule has 5 heteroatoms. The Morgan fingerprint density at radius 3 is 2.65 bits per heavy atom. The zero-order valence-electron chi connectivity index (χ0n) is 11.8. The molecule has 3 N–H and O–H groups in total. The first-order chi connectivity index (χ1) is 9.81. The van der Waals surface area contributed by atoms with Crippen LogP contribution in [0.4, 0.5) is 4.79 Å². The first-order valence-corrected chi connectivity index (χ1v) is 7.19. The Morgan fingerprint density at radius 2 is 2.00 bits per heavy atom. The van der Waals surface area contributed by atoms with Crippen LogP contribution in [0.1, 0.15) is 18.4 Å². The van der Waals surface area contributed by atoms with Gasteiger partial charge in [-0.3, -0.25) is 0 Å². The van der Waals surface area contributed by atoms with E-state index < -0.39 is 0 Å². The van der Waals surface area contributed by atoms with Crippen LogP contribution in [0.2, 0.25) is 0 Å². The fourth-order valence-electron chi connectivity index (χ4n) is 2.48. The van der Waals surface area contributed by atoms with Gasteiger partial charge >= 0.3 is 6.09 Å². The Hall–Kier alpha value is -1.59. The molecule has 0 saturated carbocycles. The Kier molecular flexibility index (Phi) is 5.83. The molecule has 1 fully saturated rings. The third-order valence-electron chi connectivity index (χ3n) is 3.56. The van der Waals surface area contributed by atoms with Crippen LogP contribution >= 0.6 is 0 Å². The van der Waals surface area contributed by atoms with Crippen molar-refractivity contribution in [2.75, 3.05) is 26.2 Å². The number of carbonyl (C=O) groups is 1. The lowest BCUT2D eigenvalue weighted by atomic mass is 10.1. The molecule has 0 aliphatic carbocycles. The molecule has 0 aromatic heterocycles. The minimum atomic E-state index is -0.258. The minimum absolute atomic E-state index is 0.239. The molecule has 0 bridgehead atoms. The summed E-state index contributed by atoms with van der Waals surface area (Å²) in [4.78, 5) is 14.0. The molecular weight excluding hydrogens is 254 g/mol. The van der Waals surface area contributed by atoms with E-state index in [9.17, 15) is 4.79 Å². The summed E-state index contributed by atoms with van der Waals surface area (Å²) >= 11 is 0. The van der Waals surface area contributed by atoms with E-state index in [2.05, 4.69) is 5.32 Å². The highest BCUT2D eigenvalue weighted by Gasteiger charge is 2.25. The summed E-state index contributed by atoms with van der Waals surface area (Å²) in [5, 5.41) is 3.30. The number of carbonyl (C=O) groups excluding carboxylic acids is 1. The Labute approximate surface area is 120 Å². The molecule has 110 valence electrons. The average Bonchev–Trinajstić information content (AvgIpc) is 2.52. The van der Waals surface area contributed by atoms with Crippen molar-refractivity contribution in [2.45, 2.75) is 25.5 Å². The van der Waals surface area contributed by atoms with Gasteiger partial charge in [0.05, 0.1) is 0 Å². The maximum absolute atomic E-state index is 12.2. The van der Waals surface area contributed by atoms with Crippen molar-refractivity contribution < 1.29 is 9.53 Å². The molecule has 0 radical (unpaired) electrons. The lowest BCUT2D eigenvalue weighted by Crippen LogP contribution is -2.48. The third kappa shape index (κ3) is 4.21. The third-order valence-corrected chi connectivity index (χ3v) is 3.56. The summed E-state index contributed by atoms with van der Waals surface area (Å²) in [6, 6.07) is 9.96. The molecule has 1 aliphatic heterocycles. The van der Waals surface area contributed by atoms with E-state index in [0.717, 1.165) is 31.5 Å². The minimum Gasteiger partial charge on any atom is -0.445 e. The number of nitrogens with two attached hydrogens (primary N) is 1. The summed E-state index contributed by atoms with van der Waals surface area (Å²) in [6.45, 7) is 3.21. The fourth-order valence-corrected chi connectivity index (χ4v) is 2.48. The first kappa shape index (κ1) is 14.8. The molecule has 1 aliphatic rings. The normalized spacial score (nSPS) is 15.8. The summed E-state index contributed by atoms with van der Waals surface area (Å²) in [5.41, 5.74) is 6.62. The average molecular weight is 277 g/mol. The second-order valence-corrected chi connectivity index (χ2v) is 5.00. The van der Waals surface area contributed by atoms with Gasteiger partial charge in [-0.05, 0) is 31.5 Å². The van der Waals surface area contributed by atoms with Crippen LogP contribution in [0, 0.1) is 0 Å². The number of piperidine rings is 1. The highest BCUT2D eigenvalue weighted by atomic mass is 16.6. The van der Waals surface area contributed by atoms with Crippen LogP contribution in [0.5, 0.6) is 0 Å². The molecule has 0 atom stereocenters. The molecule has 0 unspecified atom stereocenters. The van der Waals surface area contributed by atoms with Gasteiger partial charge in [0.15, 0.2) is 0 Å². The van der Waals surface area contributed by atoms with Crippen molar-refractivity contribution in [2.24, 2.45) is 5.73 Å². The van der Waals surface area contributed by atoms with Crippen molar-refractivity contribution in [3.8, 4) is 0 Å². The molecule has 2 rings (SSSR count). The van der Waals surface area contributed by atoms with Gasteiger partial charge in [-0.25, -0.2) is 4.79 Å². The van der Waals surface area contributed by atoms with E-state index in [1.807, 2.05) is 30.3 Å². The Bertz CT molecular complexity index is 405. The van der Waals surface area contributed by atoms with Crippen molar-refractivity contribution in [1.29, 1.82) is 0 Å². The number of nitrogens with one attached hydrogen (secondary N) is 1. The topological polar surface area (TPSA) is 67.6 Å². The molecule has 1 heterocycles. The zero-order chi connectivity index (χ0) is 14.2. The zero-order valence-corrected chi connectivity index (χ0v) is 11.8. The van der Waals surface area contributed by atoms with Crippen LogP contribution in [-0.4, -0.2) is 43.2 Å². The van der Waals surface area contributed by atoms with Crippen LogP contribution in [0.3, 0.4) is 0 Å². The van der Waals surface area contributed by atoms with Crippen molar-refractivity contribution in [1.82, 2.24) is 10.2 Å². The van der Waals surface area contributed by atoms with E-state index in [-0.39, 0.29) is 12.1 Å². The highest BCUT2D eigenvalue weighted by Crippen LogP contribution is 2.13. The van der Waals surface area contributed by atoms with Gasteiger partial charge in [0.25, 0.3) is 0 Å². The number of nitrogens with zero attached hydrogens (tertiary/aromatic N) is 1. The van der Waals surface area contributed by atoms with E-state index in [1.54, 1.807) is 4.90 Å². The lowest BCUT2D eigenvalue weighted by Gasteiger charge is -2.33. The fraction of sp³-hybridized carbons (Fsp3) is 0.533. The monoisotopic (exact) mass is 277 g/mol. The molecule has 1 aromatic rings. The van der Waals surface area contributed by atoms with Crippen molar-refractivity contribution in [3.05, 3.63) is 35.9 Å². The maximum atomic E-state index is 12.2. The largest absolute Gasteiger partial charge is 0.445 e.